The Kier molecular flexibility index (Phi) is 5.54. The van der Waals surface area contributed by atoms with Crippen molar-refractivity contribution in [2.45, 2.75) is 58.4 Å². The van der Waals surface area contributed by atoms with E-state index in [0.717, 1.165) is 34.6 Å². The number of nitrogens with one attached hydrogen (secondary N) is 2. The van der Waals surface area contributed by atoms with E-state index in [1.807, 2.05) is 20.0 Å². The molecule has 0 saturated carbocycles. The van der Waals surface area contributed by atoms with Gasteiger partial charge in [-0.25, -0.2) is 0 Å². The van der Waals surface area contributed by atoms with Gasteiger partial charge in [0, 0.05) is 40.9 Å². The van der Waals surface area contributed by atoms with Crippen molar-refractivity contribution in [3.63, 3.8) is 0 Å². The van der Waals surface area contributed by atoms with Crippen molar-refractivity contribution in [1.82, 2.24) is 20.2 Å². The molecule has 3 fully saturated rings. The highest BCUT2D eigenvalue weighted by Gasteiger charge is 2.35. The fourth-order valence-corrected chi connectivity index (χ4v) is 5.62. The molecule has 32 heavy (non-hydrogen) atoms. The highest BCUT2D eigenvalue weighted by molar-refractivity contribution is 5.93. The first kappa shape index (κ1) is 21.2. The summed E-state index contributed by atoms with van der Waals surface area (Å²) < 4.78 is 0. The number of carbonyl (C=O) groups excluding carboxylic acids is 1. The first-order valence-corrected chi connectivity index (χ1v) is 12.0. The van der Waals surface area contributed by atoms with Gasteiger partial charge in [-0.05, 0) is 87.0 Å². The van der Waals surface area contributed by atoms with Crippen LogP contribution in [0.3, 0.4) is 0 Å². The summed E-state index contributed by atoms with van der Waals surface area (Å²) in [5, 5.41) is 4.59. The van der Waals surface area contributed by atoms with Crippen LogP contribution in [0.25, 0.3) is 22.2 Å². The Morgan fingerprint density at radius 1 is 1.16 bits per heavy atom. The van der Waals surface area contributed by atoms with E-state index in [1.165, 1.54) is 36.9 Å². The third-order valence-electron chi connectivity index (χ3n) is 7.50. The predicted octanol–water partition coefficient (Wildman–Crippen LogP) is 4.98. The first-order valence-electron chi connectivity index (χ1n) is 12.0. The van der Waals surface area contributed by atoms with E-state index in [2.05, 4.69) is 64.4 Å². The maximum atomic E-state index is 13.2. The summed E-state index contributed by atoms with van der Waals surface area (Å²) in [6.07, 6.45) is 4.29. The summed E-state index contributed by atoms with van der Waals surface area (Å²) >= 11 is 0. The molecule has 5 heteroatoms. The molecule has 5 nitrogen and oxygen atoms in total. The number of aryl methyl sites for hydroxylation is 1. The quantitative estimate of drug-likeness (QED) is 0.600. The molecule has 0 aliphatic carbocycles. The van der Waals surface area contributed by atoms with Crippen molar-refractivity contribution in [1.29, 1.82) is 0 Å². The van der Waals surface area contributed by atoms with Gasteiger partial charge < -0.3 is 15.2 Å². The molecule has 3 aliphatic rings. The molecule has 2 N–H and O–H groups in total. The van der Waals surface area contributed by atoms with Gasteiger partial charge >= 0.3 is 0 Å². The molecule has 1 aromatic carbocycles. The number of amides is 1. The Bertz CT molecular complexity index is 1140. The van der Waals surface area contributed by atoms with Gasteiger partial charge in [0.15, 0.2) is 0 Å². The van der Waals surface area contributed by atoms with Gasteiger partial charge in [-0.2, -0.15) is 0 Å². The Hall–Kier alpha value is -2.66. The summed E-state index contributed by atoms with van der Waals surface area (Å²) in [7, 11) is 0. The van der Waals surface area contributed by atoms with Crippen molar-refractivity contribution in [2.75, 3.05) is 19.6 Å². The van der Waals surface area contributed by atoms with Crippen molar-refractivity contribution in [2.24, 2.45) is 5.92 Å². The lowest BCUT2D eigenvalue weighted by molar-refractivity contribution is -0.124. The number of benzene rings is 1. The SMILES string of the molecule is Cc1cc(-c2[nH]c3ccc(C(C)C(=O)NC4CN5CCC4CC5)cc3c2C(C)C)ccn1. The zero-order valence-electron chi connectivity index (χ0n) is 19.6. The lowest BCUT2D eigenvalue weighted by Gasteiger charge is -2.45. The number of aromatic nitrogens is 2. The van der Waals surface area contributed by atoms with E-state index in [4.69, 9.17) is 0 Å². The lowest BCUT2D eigenvalue weighted by Crippen LogP contribution is -2.57. The second-order valence-corrected chi connectivity index (χ2v) is 10.0. The summed E-state index contributed by atoms with van der Waals surface area (Å²) in [6, 6.07) is 10.9. The van der Waals surface area contributed by atoms with Crippen LogP contribution in [0, 0.1) is 12.8 Å². The van der Waals surface area contributed by atoms with Crippen molar-refractivity contribution >= 4 is 16.8 Å². The van der Waals surface area contributed by atoms with Gasteiger partial charge in [0.05, 0.1) is 11.6 Å². The average Bonchev–Trinajstić information content (AvgIpc) is 3.18. The first-order chi connectivity index (χ1) is 15.4. The minimum absolute atomic E-state index is 0.148. The molecule has 2 atom stereocenters. The largest absolute Gasteiger partial charge is 0.354 e. The number of fused-ring (bicyclic) bond motifs is 4. The molecule has 0 spiro atoms. The van der Waals surface area contributed by atoms with Crippen LogP contribution in [0.15, 0.2) is 36.5 Å². The molecule has 6 rings (SSSR count). The second kappa shape index (κ2) is 8.36. The third-order valence-corrected chi connectivity index (χ3v) is 7.50. The molecule has 3 aliphatic heterocycles. The molecule has 5 heterocycles. The summed E-state index contributed by atoms with van der Waals surface area (Å²) in [6.45, 7) is 11.9. The fourth-order valence-electron chi connectivity index (χ4n) is 5.62. The van der Waals surface area contributed by atoms with Crippen LogP contribution in [-0.2, 0) is 4.79 Å². The molecule has 3 aromatic rings. The lowest BCUT2D eigenvalue weighted by atomic mass is 9.83. The van der Waals surface area contributed by atoms with Gasteiger partial charge in [0.2, 0.25) is 5.91 Å². The van der Waals surface area contributed by atoms with Crippen LogP contribution < -0.4 is 5.32 Å². The maximum Gasteiger partial charge on any atom is 0.227 e. The Labute approximate surface area is 190 Å². The van der Waals surface area contributed by atoms with Crippen LogP contribution in [-0.4, -0.2) is 46.5 Å². The highest BCUT2D eigenvalue weighted by Crippen LogP contribution is 2.37. The molecule has 2 bridgehead atoms. The van der Waals surface area contributed by atoms with Gasteiger partial charge in [-0.1, -0.05) is 19.9 Å². The van der Waals surface area contributed by atoms with Gasteiger partial charge in [0.25, 0.3) is 0 Å². The molecule has 1 amide bonds. The van der Waals surface area contributed by atoms with Gasteiger partial charge in [-0.15, -0.1) is 0 Å². The van der Waals surface area contributed by atoms with Crippen LogP contribution in [0.5, 0.6) is 0 Å². The van der Waals surface area contributed by atoms with Crippen LogP contribution in [0.2, 0.25) is 0 Å². The smallest absolute Gasteiger partial charge is 0.227 e. The van der Waals surface area contributed by atoms with Crippen LogP contribution in [0.4, 0.5) is 0 Å². The second-order valence-electron chi connectivity index (χ2n) is 10.0. The van der Waals surface area contributed by atoms with E-state index in [1.54, 1.807) is 0 Å². The Balaban J connectivity index is 1.44. The minimum Gasteiger partial charge on any atom is -0.354 e. The number of hydrogen-bond acceptors (Lipinski definition) is 3. The fraction of sp³-hybridized carbons (Fsp3) is 0.481. The van der Waals surface area contributed by atoms with E-state index < -0.39 is 0 Å². The van der Waals surface area contributed by atoms with Crippen molar-refractivity contribution in [3.8, 4) is 11.3 Å². The van der Waals surface area contributed by atoms with E-state index in [-0.39, 0.29) is 11.8 Å². The summed E-state index contributed by atoms with van der Waals surface area (Å²) in [5.74, 6) is 0.978. The highest BCUT2D eigenvalue weighted by atomic mass is 16.1. The molecule has 0 radical (unpaired) electrons. The minimum atomic E-state index is -0.170. The van der Waals surface area contributed by atoms with Crippen LogP contribution >= 0.6 is 0 Å². The van der Waals surface area contributed by atoms with Gasteiger partial charge in [0.1, 0.15) is 0 Å². The zero-order chi connectivity index (χ0) is 22.4. The molecule has 2 aromatic heterocycles. The monoisotopic (exact) mass is 430 g/mol. The number of piperidine rings is 3. The maximum absolute atomic E-state index is 13.2. The van der Waals surface area contributed by atoms with E-state index in [0.29, 0.717) is 17.9 Å². The molecule has 168 valence electrons. The number of carbonyl (C=O) groups is 1. The molecular formula is C27H34N4O. The predicted molar refractivity (Wildman–Crippen MR) is 130 cm³/mol. The average molecular weight is 431 g/mol. The van der Waals surface area contributed by atoms with Crippen molar-refractivity contribution in [3.05, 3.63) is 53.3 Å². The van der Waals surface area contributed by atoms with Crippen LogP contribution in [0.1, 0.15) is 62.3 Å². The number of rotatable bonds is 5. The zero-order valence-corrected chi connectivity index (χ0v) is 19.6. The third kappa shape index (κ3) is 3.83. The number of nitrogens with zero attached hydrogens (tertiary/aromatic N) is 2. The van der Waals surface area contributed by atoms with E-state index in [9.17, 15) is 4.79 Å². The van der Waals surface area contributed by atoms with Crippen molar-refractivity contribution < 1.29 is 4.79 Å². The molecule has 3 saturated heterocycles. The Morgan fingerprint density at radius 2 is 1.94 bits per heavy atom. The Morgan fingerprint density at radius 3 is 2.59 bits per heavy atom. The number of hydrogen-bond donors (Lipinski definition) is 2. The summed E-state index contributed by atoms with van der Waals surface area (Å²) in [4.78, 5) is 23.6. The number of aromatic amines is 1. The van der Waals surface area contributed by atoms with E-state index >= 15 is 0 Å². The molecular weight excluding hydrogens is 396 g/mol. The number of H-pyrrole nitrogens is 1. The topological polar surface area (TPSA) is 61.0 Å². The number of pyridine rings is 1. The standard InChI is InChI=1S/C27H34N4O/c1-16(2)25-22-14-20(5-6-23(22)29-26(25)21-7-10-28-17(3)13-21)18(4)27(32)30-24-15-31-11-8-19(24)9-12-31/h5-7,10,13-14,16,18-19,24,29H,8-9,11-12,15H2,1-4H3,(H,30,32). The molecule has 2 unspecified atom stereocenters. The normalized spacial score (nSPS) is 23.6. The summed E-state index contributed by atoms with van der Waals surface area (Å²) in [5.41, 5.74) is 6.82. The van der Waals surface area contributed by atoms with Gasteiger partial charge in [-0.3, -0.25) is 9.78 Å².